The topological polar surface area (TPSA) is 50.8 Å². The molecule has 1 aliphatic heterocycles. The van der Waals surface area contributed by atoms with E-state index in [4.69, 9.17) is 44.9 Å². The summed E-state index contributed by atoms with van der Waals surface area (Å²) in [7, 11) is 0. The van der Waals surface area contributed by atoms with Crippen LogP contribution in [0.5, 0.6) is 11.5 Å². The fourth-order valence-corrected chi connectivity index (χ4v) is 4.31. The van der Waals surface area contributed by atoms with Gasteiger partial charge < -0.3 is 14.8 Å². The van der Waals surface area contributed by atoms with Crippen molar-refractivity contribution in [1.29, 1.82) is 0 Å². The van der Waals surface area contributed by atoms with E-state index in [1.54, 1.807) is 18.2 Å². The molecule has 1 heterocycles. The monoisotopic (exact) mass is 576 g/mol. The van der Waals surface area contributed by atoms with Crippen LogP contribution in [0.4, 0.5) is 0 Å². The molecule has 30 heavy (non-hydrogen) atoms. The third-order valence-corrected chi connectivity index (χ3v) is 6.15. The van der Waals surface area contributed by atoms with Gasteiger partial charge in [0.2, 0.25) is 0 Å². The molecule has 0 bridgehead atoms. The lowest BCUT2D eigenvalue weighted by Gasteiger charge is -2.15. The third kappa shape index (κ3) is 5.19. The molecule has 1 amide bonds. The van der Waals surface area contributed by atoms with Gasteiger partial charge in [-0.05, 0) is 90.1 Å². The zero-order valence-electron chi connectivity index (χ0n) is 16.3. The second kappa shape index (κ2) is 10.2. The summed E-state index contributed by atoms with van der Waals surface area (Å²) in [5, 5.41) is 4.36. The molecule has 1 N–H and O–H groups in total. The summed E-state index contributed by atoms with van der Waals surface area (Å²) < 4.78 is 12.7. The molecule has 0 spiro atoms. The number of ether oxygens (including phenoxy) is 2. The molecular weight excluding hydrogens is 558 g/mol. The minimum Gasteiger partial charge on any atom is -0.490 e. The van der Waals surface area contributed by atoms with E-state index in [1.807, 2.05) is 32.0 Å². The lowest BCUT2D eigenvalue weighted by molar-refractivity contribution is -0.122. The van der Waals surface area contributed by atoms with Gasteiger partial charge in [-0.25, -0.2) is 0 Å². The number of carbonyl (C=O) groups is 1. The van der Waals surface area contributed by atoms with Crippen molar-refractivity contribution in [2.24, 2.45) is 0 Å². The molecule has 0 atom stereocenters. The first-order valence-corrected chi connectivity index (χ1v) is 11.5. The predicted molar refractivity (Wildman–Crippen MR) is 132 cm³/mol. The average Bonchev–Trinajstić information content (AvgIpc) is 2.96. The van der Waals surface area contributed by atoms with Crippen molar-refractivity contribution in [1.82, 2.24) is 10.2 Å². The molecule has 1 fully saturated rings. The highest BCUT2D eigenvalue weighted by Crippen LogP contribution is 2.36. The van der Waals surface area contributed by atoms with E-state index in [0.717, 1.165) is 14.7 Å². The third-order valence-electron chi connectivity index (χ3n) is 4.29. The standard InChI is InChI=1S/C21H19Cl2IN2O3S/c1-3-26-20(27)17(25-21(26)30)9-13-8-16(24)19(18(10-13)28-4-2)29-11-12-5-6-14(22)15(23)7-12/h5-10H,3-4,11H2,1-2H3,(H,25,30)/b17-9-. The van der Waals surface area contributed by atoms with Gasteiger partial charge in [-0.15, -0.1) is 0 Å². The number of benzene rings is 2. The summed E-state index contributed by atoms with van der Waals surface area (Å²) in [6.45, 7) is 5.09. The zero-order chi connectivity index (χ0) is 21.8. The highest BCUT2D eigenvalue weighted by Gasteiger charge is 2.29. The molecule has 2 aromatic carbocycles. The SMILES string of the molecule is CCOc1cc(/C=C2\NC(=S)N(CC)C2=O)cc(I)c1OCc1ccc(Cl)c(Cl)c1. The molecule has 9 heteroatoms. The minimum atomic E-state index is -0.143. The first kappa shape index (κ1) is 23.1. The van der Waals surface area contributed by atoms with Crippen molar-refractivity contribution >= 4 is 75.1 Å². The Morgan fingerprint density at radius 2 is 1.93 bits per heavy atom. The summed E-state index contributed by atoms with van der Waals surface area (Å²) in [5.74, 6) is 1.08. The van der Waals surface area contributed by atoms with Gasteiger partial charge in [0.15, 0.2) is 16.6 Å². The Balaban J connectivity index is 1.87. The smallest absolute Gasteiger partial charge is 0.276 e. The molecule has 0 unspecified atom stereocenters. The zero-order valence-corrected chi connectivity index (χ0v) is 20.8. The number of thiocarbonyl (C=S) groups is 1. The van der Waals surface area contributed by atoms with Gasteiger partial charge in [0, 0.05) is 6.54 Å². The molecule has 1 saturated heterocycles. The molecule has 0 aliphatic carbocycles. The highest BCUT2D eigenvalue weighted by molar-refractivity contribution is 14.1. The Labute approximate surface area is 204 Å². The van der Waals surface area contributed by atoms with Crippen LogP contribution in [0.15, 0.2) is 36.0 Å². The van der Waals surface area contributed by atoms with Gasteiger partial charge in [-0.3, -0.25) is 9.69 Å². The second-order valence-corrected chi connectivity index (χ2v) is 8.70. The number of nitrogens with one attached hydrogen (secondary N) is 1. The van der Waals surface area contributed by atoms with Crippen molar-refractivity contribution in [3.05, 3.63) is 60.8 Å². The van der Waals surface area contributed by atoms with Crippen molar-refractivity contribution in [3.8, 4) is 11.5 Å². The largest absolute Gasteiger partial charge is 0.490 e. The number of likely N-dealkylation sites (N-methyl/N-ethyl adjacent to an activating group) is 1. The number of rotatable bonds is 7. The summed E-state index contributed by atoms with van der Waals surface area (Å²) in [5.41, 5.74) is 2.13. The van der Waals surface area contributed by atoms with Crippen molar-refractivity contribution in [2.75, 3.05) is 13.2 Å². The Bertz CT molecular complexity index is 1030. The maximum absolute atomic E-state index is 12.5. The van der Waals surface area contributed by atoms with Crippen LogP contribution in [-0.2, 0) is 11.4 Å². The lowest BCUT2D eigenvalue weighted by Crippen LogP contribution is -2.30. The fraction of sp³-hybridized carbons (Fsp3) is 0.238. The van der Waals surface area contributed by atoms with Gasteiger partial charge in [-0.1, -0.05) is 29.3 Å². The summed E-state index contributed by atoms with van der Waals surface area (Å²) in [4.78, 5) is 14.0. The second-order valence-electron chi connectivity index (χ2n) is 6.34. The van der Waals surface area contributed by atoms with Crippen LogP contribution >= 0.6 is 58.0 Å². The number of halogens is 3. The van der Waals surface area contributed by atoms with Crippen LogP contribution in [0.25, 0.3) is 6.08 Å². The molecule has 5 nitrogen and oxygen atoms in total. The quantitative estimate of drug-likeness (QED) is 0.262. The maximum Gasteiger partial charge on any atom is 0.276 e. The first-order valence-electron chi connectivity index (χ1n) is 9.21. The minimum absolute atomic E-state index is 0.143. The number of carbonyl (C=O) groups excluding carboxylic acids is 1. The fourth-order valence-electron chi connectivity index (χ4n) is 2.88. The maximum atomic E-state index is 12.5. The normalized spacial score (nSPS) is 15.0. The van der Waals surface area contributed by atoms with E-state index in [2.05, 4.69) is 27.9 Å². The molecule has 0 saturated carbocycles. The molecule has 2 aromatic rings. The van der Waals surface area contributed by atoms with Gasteiger partial charge >= 0.3 is 0 Å². The summed E-state index contributed by atoms with van der Waals surface area (Å²) in [6.07, 6.45) is 1.76. The van der Waals surface area contributed by atoms with Crippen molar-refractivity contribution in [3.63, 3.8) is 0 Å². The van der Waals surface area contributed by atoms with Gasteiger partial charge in [0.05, 0.1) is 20.2 Å². The first-order chi connectivity index (χ1) is 14.3. The molecule has 0 aromatic heterocycles. The molecule has 3 rings (SSSR count). The van der Waals surface area contributed by atoms with Crippen LogP contribution in [-0.4, -0.2) is 29.1 Å². The molecule has 158 valence electrons. The lowest BCUT2D eigenvalue weighted by atomic mass is 10.1. The molecular formula is C21H19Cl2IN2O3S. The van der Waals surface area contributed by atoms with E-state index < -0.39 is 0 Å². The van der Waals surface area contributed by atoms with E-state index in [1.165, 1.54) is 4.90 Å². The van der Waals surface area contributed by atoms with E-state index >= 15 is 0 Å². The summed E-state index contributed by atoms with van der Waals surface area (Å²) >= 11 is 19.5. The number of amides is 1. The van der Waals surface area contributed by atoms with Gasteiger partial charge in [0.25, 0.3) is 5.91 Å². The Morgan fingerprint density at radius 1 is 1.17 bits per heavy atom. The van der Waals surface area contributed by atoms with Crippen LogP contribution in [0.1, 0.15) is 25.0 Å². The average molecular weight is 577 g/mol. The predicted octanol–water partition coefficient (Wildman–Crippen LogP) is 5.65. The van der Waals surface area contributed by atoms with E-state index in [-0.39, 0.29) is 5.91 Å². The Hall–Kier alpha value is -1.55. The highest BCUT2D eigenvalue weighted by atomic mass is 127. The van der Waals surface area contributed by atoms with Gasteiger partial charge in [-0.2, -0.15) is 0 Å². The van der Waals surface area contributed by atoms with Gasteiger partial charge in [0.1, 0.15) is 12.3 Å². The molecule has 0 radical (unpaired) electrons. The van der Waals surface area contributed by atoms with Crippen LogP contribution in [0, 0.1) is 3.57 Å². The number of hydrogen-bond acceptors (Lipinski definition) is 4. The van der Waals surface area contributed by atoms with Crippen LogP contribution in [0.2, 0.25) is 10.0 Å². The number of hydrogen-bond donors (Lipinski definition) is 1. The number of nitrogens with zero attached hydrogens (tertiary/aromatic N) is 1. The Morgan fingerprint density at radius 3 is 2.57 bits per heavy atom. The summed E-state index contributed by atoms with van der Waals surface area (Å²) in [6, 6.07) is 9.14. The van der Waals surface area contributed by atoms with Crippen molar-refractivity contribution in [2.45, 2.75) is 20.5 Å². The Kier molecular flexibility index (Phi) is 7.84. The van der Waals surface area contributed by atoms with E-state index in [0.29, 0.717) is 52.1 Å². The van der Waals surface area contributed by atoms with E-state index in [9.17, 15) is 4.79 Å². The van der Waals surface area contributed by atoms with Crippen molar-refractivity contribution < 1.29 is 14.3 Å². The van der Waals surface area contributed by atoms with Crippen LogP contribution < -0.4 is 14.8 Å². The van der Waals surface area contributed by atoms with Crippen LogP contribution in [0.3, 0.4) is 0 Å². The molecule has 1 aliphatic rings.